The number of benzene rings is 1. The quantitative estimate of drug-likeness (QED) is 0.840. The molecular formula is C16H19N3O. The van der Waals surface area contributed by atoms with Crippen molar-refractivity contribution in [2.24, 2.45) is 0 Å². The Labute approximate surface area is 119 Å². The molecule has 1 aliphatic heterocycles. The minimum atomic E-state index is 0.123. The van der Waals surface area contributed by atoms with E-state index in [2.05, 4.69) is 5.10 Å². The van der Waals surface area contributed by atoms with Gasteiger partial charge in [0.25, 0.3) is 5.91 Å². The number of nitrogens with zero attached hydrogens (tertiary/aromatic N) is 3. The minimum Gasteiger partial charge on any atom is -0.339 e. The van der Waals surface area contributed by atoms with Crippen LogP contribution < -0.4 is 0 Å². The lowest BCUT2D eigenvalue weighted by atomic mass is 10.1. The largest absolute Gasteiger partial charge is 0.339 e. The lowest BCUT2D eigenvalue weighted by Gasteiger charge is -2.21. The molecule has 4 nitrogen and oxygen atoms in total. The van der Waals surface area contributed by atoms with E-state index in [1.54, 1.807) is 10.9 Å². The fourth-order valence-corrected chi connectivity index (χ4v) is 2.71. The topological polar surface area (TPSA) is 38.1 Å². The summed E-state index contributed by atoms with van der Waals surface area (Å²) in [4.78, 5) is 14.7. The zero-order chi connectivity index (χ0) is 13.8. The molecule has 20 heavy (non-hydrogen) atoms. The van der Waals surface area contributed by atoms with Crippen molar-refractivity contribution in [1.82, 2.24) is 14.7 Å². The van der Waals surface area contributed by atoms with Crippen LogP contribution in [0.1, 0.15) is 36.0 Å². The van der Waals surface area contributed by atoms with Gasteiger partial charge in [-0.1, -0.05) is 25.0 Å². The third kappa shape index (κ3) is 2.59. The predicted octanol–water partition coefficient (Wildman–Crippen LogP) is 2.89. The molecule has 104 valence electrons. The van der Waals surface area contributed by atoms with E-state index in [-0.39, 0.29) is 5.91 Å². The Bertz CT molecular complexity index is 569. The van der Waals surface area contributed by atoms with Gasteiger partial charge in [0.15, 0.2) is 0 Å². The number of hydrogen-bond acceptors (Lipinski definition) is 2. The number of rotatable bonds is 2. The van der Waals surface area contributed by atoms with Gasteiger partial charge in [0.1, 0.15) is 0 Å². The molecule has 0 bridgehead atoms. The van der Waals surface area contributed by atoms with Crippen LogP contribution in [0.15, 0.2) is 42.7 Å². The highest BCUT2D eigenvalue weighted by atomic mass is 16.2. The monoisotopic (exact) mass is 269 g/mol. The molecule has 1 saturated heterocycles. The summed E-state index contributed by atoms with van der Waals surface area (Å²) in [6, 6.07) is 9.56. The molecule has 0 aliphatic carbocycles. The number of carbonyl (C=O) groups is 1. The molecule has 4 heteroatoms. The van der Waals surface area contributed by atoms with Crippen molar-refractivity contribution in [3.05, 3.63) is 48.3 Å². The van der Waals surface area contributed by atoms with Gasteiger partial charge in [0.2, 0.25) is 0 Å². The summed E-state index contributed by atoms with van der Waals surface area (Å²) in [7, 11) is 0. The van der Waals surface area contributed by atoms with Gasteiger partial charge in [-0.15, -0.1) is 0 Å². The van der Waals surface area contributed by atoms with Crippen LogP contribution >= 0.6 is 0 Å². The van der Waals surface area contributed by atoms with Gasteiger partial charge in [0.05, 0.1) is 11.3 Å². The Morgan fingerprint density at radius 1 is 1.00 bits per heavy atom. The summed E-state index contributed by atoms with van der Waals surface area (Å²) in [5.74, 6) is 0.123. The SMILES string of the molecule is O=C(c1ccccc1-n1cccn1)N1CCCCCC1. The van der Waals surface area contributed by atoms with Crippen LogP contribution in [0.25, 0.3) is 5.69 Å². The fourth-order valence-electron chi connectivity index (χ4n) is 2.71. The normalized spacial score (nSPS) is 15.9. The number of likely N-dealkylation sites (tertiary alicyclic amines) is 1. The molecule has 1 aromatic heterocycles. The lowest BCUT2D eigenvalue weighted by Crippen LogP contribution is -2.32. The fraction of sp³-hybridized carbons (Fsp3) is 0.375. The van der Waals surface area contributed by atoms with Gasteiger partial charge in [0, 0.05) is 25.5 Å². The molecular weight excluding hydrogens is 250 g/mol. The van der Waals surface area contributed by atoms with E-state index < -0.39 is 0 Å². The molecule has 1 amide bonds. The van der Waals surface area contributed by atoms with Crippen molar-refractivity contribution in [3.8, 4) is 5.69 Å². The lowest BCUT2D eigenvalue weighted by molar-refractivity contribution is 0.0761. The standard InChI is InChI=1S/C16H19N3O/c20-16(18-11-5-1-2-6-12-18)14-8-3-4-9-15(14)19-13-7-10-17-19/h3-4,7-10,13H,1-2,5-6,11-12H2. The van der Waals surface area contributed by atoms with Crippen LogP contribution in [-0.2, 0) is 0 Å². The summed E-state index contributed by atoms with van der Waals surface area (Å²) in [6.45, 7) is 1.73. The van der Waals surface area contributed by atoms with E-state index in [0.717, 1.165) is 37.2 Å². The summed E-state index contributed by atoms with van der Waals surface area (Å²) >= 11 is 0. The zero-order valence-electron chi connectivity index (χ0n) is 11.5. The van der Waals surface area contributed by atoms with Crippen molar-refractivity contribution in [3.63, 3.8) is 0 Å². The van der Waals surface area contributed by atoms with E-state index in [1.807, 2.05) is 41.4 Å². The molecule has 2 heterocycles. The van der Waals surface area contributed by atoms with Crippen LogP contribution in [-0.4, -0.2) is 33.7 Å². The van der Waals surface area contributed by atoms with Crippen LogP contribution in [0, 0.1) is 0 Å². The highest BCUT2D eigenvalue weighted by Crippen LogP contribution is 2.18. The maximum absolute atomic E-state index is 12.8. The molecule has 1 aliphatic rings. The first kappa shape index (κ1) is 12.9. The van der Waals surface area contributed by atoms with Crippen LogP contribution in [0.5, 0.6) is 0 Å². The minimum absolute atomic E-state index is 0.123. The van der Waals surface area contributed by atoms with Crippen molar-refractivity contribution < 1.29 is 4.79 Å². The van der Waals surface area contributed by atoms with E-state index in [1.165, 1.54) is 12.8 Å². The summed E-state index contributed by atoms with van der Waals surface area (Å²) in [6.07, 6.45) is 8.27. The van der Waals surface area contributed by atoms with Crippen molar-refractivity contribution in [2.75, 3.05) is 13.1 Å². The maximum Gasteiger partial charge on any atom is 0.256 e. The zero-order valence-corrected chi connectivity index (χ0v) is 11.5. The molecule has 2 aromatic rings. The molecule has 0 atom stereocenters. The second-order valence-electron chi connectivity index (χ2n) is 5.17. The molecule has 0 spiro atoms. The number of carbonyl (C=O) groups excluding carboxylic acids is 1. The summed E-state index contributed by atoms with van der Waals surface area (Å²) in [5.41, 5.74) is 1.59. The van der Waals surface area contributed by atoms with Gasteiger partial charge in [-0.3, -0.25) is 4.79 Å². The van der Waals surface area contributed by atoms with E-state index in [9.17, 15) is 4.79 Å². The van der Waals surface area contributed by atoms with E-state index in [4.69, 9.17) is 0 Å². The van der Waals surface area contributed by atoms with Gasteiger partial charge >= 0.3 is 0 Å². The Hall–Kier alpha value is -2.10. The third-order valence-electron chi connectivity index (χ3n) is 3.78. The first-order chi connectivity index (χ1) is 9.86. The highest BCUT2D eigenvalue weighted by molar-refractivity contribution is 5.97. The molecule has 3 rings (SSSR count). The van der Waals surface area contributed by atoms with E-state index in [0.29, 0.717) is 0 Å². The number of amides is 1. The molecule has 0 radical (unpaired) electrons. The average Bonchev–Trinajstić information content (AvgIpc) is 2.89. The number of hydrogen-bond donors (Lipinski definition) is 0. The Morgan fingerprint density at radius 2 is 1.75 bits per heavy atom. The maximum atomic E-state index is 12.8. The van der Waals surface area contributed by atoms with Crippen LogP contribution in [0.4, 0.5) is 0 Å². The molecule has 0 N–H and O–H groups in total. The van der Waals surface area contributed by atoms with Gasteiger partial charge < -0.3 is 4.90 Å². The molecule has 0 saturated carbocycles. The highest BCUT2D eigenvalue weighted by Gasteiger charge is 2.20. The Kier molecular flexibility index (Phi) is 3.81. The molecule has 1 aromatic carbocycles. The molecule has 0 unspecified atom stereocenters. The van der Waals surface area contributed by atoms with Gasteiger partial charge in [-0.25, -0.2) is 4.68 Å². The Morgan fingerprint density at radius 3 is 2.45 bits per heavy atom. The smallest absolute Gasteiger partial charge is 0.256 e. The van der Waals surface area contributed by atoms with Gasteiger partial charge in [-0.2, -0.15) is 5.10 Å². The first-order valence-corrected chi connectivity index (χ1v) is 7.24. The Balaban J connectivity index is 1.91. The van der Waals surface area contributed by atoms with Crippen LogP contribution in [0.2, 0.25) is 0 Å². The van der Waals surface area contributed by atoms with Crippen molar-refractivity contribution in [1.29, 1.82) is 0 Å². The third-order valence-corrected chi connectivity index (χ3v) is 3.78. The number of para-hydroxylation sites is 1. The second-order valence-corrected chi connectivity index (χ2v) is 5.17. The second kappa shape index (κ2) is 5.90. The summed E-state index contributed by atoms with van der Waals surface area (Å²) in [5, 5.41) is 4.24. The van der Waals surface area contributed by atoms with Crippen LogP contribution in [0.3, 0.4) is 0 Å². The summed E-state index contributed by atoms with van der Waals surface area (Å²) < 4.78 is 1.76. The molecule has 1 fully saturated rings. The average molecular weight is 269 g/mol. The predicted molar refractivity (Wildman–Crippen MR) is 77.9 cm³/mol. The van der Waals surface area contributed by atoms with E-state index >= 15 is 0 Å². The van der Waals surface area contributed by atoms with Crippen molar-refractivity contribution >= 4 is 5.91 Å². The number of aromatic nitrogens is 2. The van der Waals surface area contributed by atoms with Gasteiger partial charge in [-0.05, 0) is 31.0 Å². The van der Waals surface area contributed by atoms with Crippen molar-refractivity contribution in [2.45, 2.75) is 25.7 Å². The first-order valence-electron chi connectivity index (χ1n) is 7.24.